The molecule has 0 spiro atoms. The van der Waals surface area contributed by atoms with Gasteiger partial charge in [0.25, 0.3) is 5.91 Å². The summed E-state index contributed by atoms with van der Waals surface area (Å²) in [5.41, 5.74) is 5.60. The van der Waals surface area contributed by atoms with Gasteiger partial charge in [-0.2, -0.15) is 0 Å². The number of piperazine rings is 1. The Bertz CT molecular complexity index is 1490. The summed E-state index contributed by atoms with van der Waals surface area (Å²) in [6.45, 7) is 5.46. The van der Waals surface area contributed by atoms with Crippen molar-refractivity contribution >= 4 is 39.9 Å². The van der Waals surface area contributed by atoms with E-state index in [4.69, 9.17) is 9.72 Å². The molecular formula is C30H29N5O3S. The van der Waals surface area contributed by atoms with Crippen LogP contribution in [0.4, 0.5) is 16.6 Å². The number of carbonyl (C=O) groups is 2. The minimum absolute atomic E-state index is 0.204. The molecule has 1 N–H and O–H groups in total. The van der Waals surface area contributed by atoms with E-state index in [1.165, 1.54) is 10.4 Å². The Hall–Kier alpha value is -4.24. The topological polar surface area (TPSA) is 87.7 Å². The van der Waals surface area contributed by atoms with Crippen molar-refractivity contribution in [3.63, 3.8) is 0 Å². The van der Waals surface area contributed by atoms with Gasteiger partial charge < -0.3 is 14.5 Å². The van der Waals surface area contributed by atoms with Gasteiger partial charge in [0.2, 0.25) is 0 Å². The number of nitrogens with one attached hydrogen (secondary N) is 1. The zero-order chi connectivity index (χ0) is 26.8. The number of amides is 1. The van der Waals surface area contributed by atoms with Gasteiger partial charge in [0.15, 0.2) is 5.13 Å². The number of fused-ring (bicyclic) bond motifs is 3. The third kappa shape index (κ3) is 5.22. The summed E-state index contributed by atoms with van der Waals surface area (Å²) < 4.78 is 5.06. The highest BCUT2D eigenvalue weighted by Gasteiger charge is 2.22. The molecule has 2 aromatic heterocycles. The molecule has 3 heterocycles. The smallest absolute Gasteiger partial charge is 0.338 e. The predicted molar refractivity (Wildman–Crippen MR) is 154 cm³/mol. The number of carbonyl (C=O) groups excluding carboxylic acids is 2. The summed E-state index contributed by atoms with van der Waals surface area (Å²) >= 11 is 1.55. The number of hydrogen-bond donors (Lipinski definition) is 1. The lowest BCUT2D eigenvalue weighted by molar-refractivity contribution is 0.0526. The number of anilines is 3. The molecule has 1 saturated heterocycles. The van der Waals surface area contributed by atoms with Gasteiger partial charge in [-0.05, 0) is 61.7 Å². The van der Waals surface area contributed by atoms with Crippen LogP contribution >= 0.6 is 11.3 Å². The Morgan fingerprint density at radius 1 is 0.923 bits per heavy atom. The van der Waals surface area contributed by atoms with Crippen LogP contribution in [0.2, 0.25) is 0 Å². The fourth-order valence-electron chi connectivity index (χ4n) is 5.10. The number of hydrogen-bond acceptors (Lipinski definition) is 8. The average Bonchev–Trinajstić information content (AvgIpc) is 3.40. The van der Waals surface area contributed by atoms with Gasteiger partial charge in [-0.15, -0.1) is 11.3 Å². The van der Waals surface area contributed by atoms with E-state index in [9.17, 15) is 9.59 Å². The third-order valence-corrected chi connectivity index (χ3v) is 8.20. The van der Waals surface area contributed by atoms with Gasteiger partial charge in [-0.3, -0.25) is 10.1 Å². The van der Waals surface area contributed by atoms with Gasteiger partial charge in [-0.25, -0.2) is 14.8 Å². The molecule has 0 bridgehead atoms. The Labute approximate surface area is 231 Å². The fourth-order valence-corrected chi connectivity index (χ4v) is 6.07. The van der Waals surface area contributed by atoms with Crippen LogP contribution in [0.5, 0.6) is 0 Å². The number of esters is 1. The van der Waals surface area contributed by atoms with Gasteiger partial charge >= 0.3 is 5.97 Å². The molecule has 0 atom stereocenters. The number of aromatic nitrogens is 2. The van der Waals surface area contributed by atoms with Gasteiger partial charge in [0.05, 0.1) is 23.4 Å². The first-order valence-electron chi connectivity index (χ1n) is 13.2. The van der Waals surface area contributed by atoms with E-state index in [2.05, 4.69) is 38.3 Å². The Kier molecular flexibility index (Phi) is 6.98. The number of pyridine rings is 1. The van der Waals surface area contributed by atoms with Crippen molar-refractivity contribution in [2.45, 2.75) is 19.8 Å². The van der Waals surface area contributed by atoms with Crippen LogP contribution in [0.1, 0.15) is 38.1 Å². The van der Waals surface area contributed by atoms with Crippen molar-refractivity contribution < 1.29 is 14.3 Å². The lowest BCUT2D eigenvalue weighted by atomic mass is 9.94. The second-order valence-electron chi connectivity index (χ2n) is 9.55. The summed E-state index contributed by atoms with van der Waals surface area (Å²) in [5, 5.41) is 3.59. The van der Waals surface area contributed by atoms with E-state index in [1.54, 1.807) is 24.5 Å². The number of rotatable bonds is 6. The highest BCUT2D eigenvalue weighted by Crippen LogP contribution is 2.38. The lowest BCUT2D eigenvalue weighted by Crippen LogP contribution is -2.46. The van der Waals surface area contributed by atoms with Crippen molar-refractivity contribution in [3.8, 4) is 11.3 Å². The zero-order valence-corrected chi connectivity index (χ0v) is 22.5. The number of thiazole rings is 1. The molecule has 2 aromatic carbocycles. The number of benzene rings is 2. The SMILES string of the molecule is CCOC(=O)c1ccc(N2CCN(c3ccc(C(=O)Nc4nc5c(s4)CCc4ccccc4-5)cn3)CC2)cc1. The Morgan fingerprint density at radius 3 is 2.41 bits per heavy atom. The summed E-state index contributed by atoms with van der Waals surface area (Å²) in [5.74, 6) is 0.350. The summed E-state index contributed by atoms with van der Waals surface area (Å²) in [6, 6.07) is 19.6. The molecule has 2 aliphatic rings. The van der Waals surface area contributed by atoms with Crippen LogP contribution < -0.4 is 15.1 Å². The Balaban J connectivity index is 1.05. The maximum absolute atomic E-state index is 12.9. The van der Waals surface area contributed by atoms with E-state index < -0.39 is 0 Å². The van der Waals surface area contributed by atoms with Gasteiger partial charge in [-0.1, -0.05) is 24.3 Å². The summed E-state index contributed by atoms with van der Waals surface area (Å²) in [4.78, 5) is 39.9. The fraction of sp³-hybridized carbons (Fsp3) is 0.267. The van der Waals surface area contributed by atoms with Gasteiger partial charge in [0.1, 0.15) is 5.82 Å². The van der Waals surface area contributed by atoms with E-state index in [0.29, 0.717) is 22.9 Å². The van der Waals surface area contributed by atoms with Crippen LogP contribution in [0.25, 0.3) is 11.3 Å². The molecule has 0 saturated carbocycles. The van der Waals surface area contributed by atoms with Crippen molar-refractivity contribution in [2.75, 3.05) is 47.9 Å². The van der Waals surface area contributed by atoms with Crippen molar-refractivity contribution in [3.05, 3.63) is 88.4 Å². The minimum atomic E-state index is -0.298. The van der Waals surface area contributed by atoms with E-state index in [0.717, 1.165) is 61.8 Å². The highest BCUT2D eigenvalue weighted by atomic mass is 32.1. The van der Waals surface area contributed by atoms with Crippen molar-refractivity contribution in [1.82, 2.24) is 9.97 Å². The lowest BCUT2D eigenvalue weighted by Gasteiger charge is -2.36. The quantitative estimate of drug-likeness (QED) is 0.343. The molecule has 39 heavy (non-hydrogen) atoms. The number of ether oxygens (including phenoxy) is 1. The maximum Gasteiger partial charge on any atom is 0.338 e. The minimum Gasteiger partial charge on any atom is -0.462 e. The number of aryl methyl sites for hydroxylation is 2. The molecule has 8 nitrogen and oxygen atoms in total. The first-order valence-corrected chi connectivity index (χ1v) is 14.0. The van der Waals surface area contributed by atoms with Crippen LogP contribution in [-0.4, -0.2) is 54.6 Å². The predicted octanol–water partition coefficient (Wildman–Crippen LogP) is 5.06. The molecule has 1 aliphatic carbocycles. The van der Waals surface area contributed by atoms with Crippen molar-refractivity contribution in [2.24, 2.45) is 0 Å². The molecule has 0 radical (unpaired) electrons. The molecule has 198 valence electrons. The standard InChI is InChI=1S/C30H29N5O3S/c1-2-38-29(37)21-7-11-23(12-8-21)34-15-17-35(18-16-34)26-14-10-22(19-31-26)28(36)33-30-32-27-24-6-4-3-5-20(24)9-13-25(27)39-30/h3-8,10-12,14,19H,2,9,13,15-18H2,1H3,(H,32,33,36). The molecule has 1 fully saturated rings. The molecule has 1 amide bonds. The number of nitrogens with zero attached hydrogens (tertiary/aromatic N) is 4. The first-order chi connectivity index (χ1) is 19.1. The van der Waals surface area contributed by atoms with Crippen LogP contribution in [0, 0.1) is 0 Å². The van der Waals surface area contributed by atoms with E-state index in [-0.39, 0.29) is 11.9 Å². The average molecular weight is 540 g/mol. The zero-order valence-electron chi connectivity index (χ0n) is 21.7. The molecule has 1 aliphatic heterocycles. The van der Waals surface area contributed by atoms with Crippen LogP contribution in [0.15, 0.2) is 66.9 Å². The third-order valence-electron chi connectivity index (χ3n) is 7.17. The molecule has 4 aromatic rings. The van der Waals surface area contributed by atoms with Crippen LogP contribution in [-0.2, 0) is 17.6 Å². The molecular weight excluding hydrogens is 510 g/mol. The maximum atomic E-state index is 12.9. The Morgan fingerprint density at radius 2 is 1.67 bits per heavy atom. The van der Waals surface area contributed by atoms with Gasteiger partial charge in [0, 0.05) is 48.5 Å². The molecule has 0 unspecified atom stereocenters. The summed E-state index contributed by atoms with van der Waals surface area (Å²) in [7, 11) is 0. The van der Waals surface area contributed by atoms with E-state index >= 15 is 0 Å². The first kappa shape index (κ1) is 25.1. The monoisotopic (exact) mass is 539 g/mol. The molecule has 6 rings (SSSR count). The normalized spacial score (nSPS) is 14.4. The molecule has 9 heteroatoms. The second-order valence-corrected chi connectivity index (χ2v) is 10.6. The summed E-state index contributed by atoms with van der Waals surface area (Å²) in [6.07, 6.45) is 3.58. The van der Waals surface area contributed by atoms with Crippen molar-refractivity contribution in [1.29, 1.82) is 0 Å². The van der Waals surface area contributed by atoms with Crippen LogP contribution in [0.3, 0.4) is 0 Å². The largest absolute Gasteiger partial charge is 0.462 e. The highest BCUT2D eigenvalue weighted by molar-refractivity contribution is 7.16. The van der Waals surface area contributed by atoms with E-state index in [1.807, 2.05) is 42.5 Å². The second kappa shape index (κ2) is 10.9.